The van der Waals surface area contributed by atoms with Gasteiger partial charge in [0.25, 0.3) is 0 Å². The molecule has 0 N–H and O–H groups in total. The summed E-state index contributed by atoms with van der Waals surface area (Å²) in [6.45, 7) is 2.68. The zero-order valence-electron chi connectivity index (χ0n) is 14.9. The Morgan fingerprint density at radius 3 is 2.19 bits per heavy atom. The Balaban J connectivity index is 1.68. The van der Waals surface area contributed by atoms with E-state index in [0.717, 1.165) is 23.6 Å². The number of hydrogen-bond acceptors (Lipinski definition) is 3. The van der Waals surface area contributed by atoms with Crippen molar-refractivity contribution in [3.05, 3.63) is 96.1 Å². The molecule has 0 amide bonds. The lowest BCUT2D eigenvalue weighted by Gasteiger charge is -2.24. The molecule has 0 radical (unpaired) electrons. The third kappa shape index (κ3) is 3.33. The normalized spacial score (nSPS) is 16.4. The molecule has 26 heavy (non-hydrogen) atoms. The Bertz CT molecular complexity index is 873. The first-order valence-corrected chi connectivity index (χ1v) is 9.05. The van der Waals surface area contributed by atoms with Crippen LogP contribution in [0.15, 0.2) is 90.0 Å². The molecule has 0 spiro atoms. The lowest BCUT2D eigenvalue weighted by Crippen LogP contribution is -2.18. The highest BCUT2D eigenvalue weighted by Gasteiger charge is 2.29. The van der Waals surface area contributed by atoms with E-state index in [1.54, 1.807) is 0 Å². The van der Waals surface area contributed by atoms with Crippen LogP contribution in [-0.2, 0) is 0 Å². The van der Waals surface area contributed by atoms with Gasteiger partial charge in [-0.05, 0) is 42.3 Å². The van der Waals surface area contributed by atoms with Crippen LogP contribution in [0, 0.1) is 0 Å². The first kappa shape index (κ1) is 16.4. The summed E-state index contributed by atoms with van der Waals surface area (Å²) in [6, 6.07) is 29.4. The van der Waals surface area contributed by atoms with E-state index in [4.69, 9.17) is 9.84 Å². The molecule has 0 fully saturated rings. The lowest BCUT2D eigenvalue weighted by molar-refractivity contribution is 0.340. The molecule has 0 saturated carbocycles. The standard InChI is InChI=1S/C23H22N2O/c1-2-26-21-15-13-19(14-16-21)23-17-22(18-9-5-3-6-10-18)24-25(23)20-11-7-4-8-12-20/h3-16,23H,2,17H2,1H3/t23-/m0/s1. The SMILES string of the molecule is CCOc1ccc([C@@H]2CC(c3ccccc3)=NN2c2ccccc2)cc1. The maximum absolute atomic E-state index is 5.58. The van der Waals surface area contributed by atoms with Crippen molar-refractivity contribution in [2.45, 2.75) is 19.4 Å². The minimum absolute atomic E-state index is 0.184. The summed E-state index contributed by atoms with van der Waals surface area (Å²) in [5, 5.41) is 7.10. The predicted molar refractivity (Wildman–Crippen MR) is 107 cm³/mol. The van der Waals surface area contributed by atoms with Crippen LogP contribution in [-0.4, -0.2) is 12.3 Å². The number of ether oxygens (including phenoxy) is 1. The second-order valence-electron chi connectivity index (χ2n) is 6.31. The number of hydrazone groups is 1. The molecule has 1 aliphatic rings. The molecule has 1 aliphatic heterocycles. The van der Waals surface area contributed by atoms with E-state index >= 15 is 0 Å². The van der Waals surface area contributed by atoms with Crippen molar-refractivity contribution >= 4 is 11.4 Å². The molecular weight excluding hydrogens is 320 g/mol. The van der Waals surface area contributed by atoms with Crippen LogP contribution in [0.4, 0.5) is 5.69 Å². The second kappa shape index (κ2) is 7.44. The predicted octanol–water partition coefficient (Wildman–Crippen LogP) is 5.44. The van der Waals surface area contributed by atoms with Gasteiger partial charge in [0.1, 0.15) is 5.75 Å². The van der Waals surface area contributed by atoms with Gasteiger partial charge in [-0.1, -0.05) is 60.7 Å². The molecule has 1 atom stereocenters. The molecule has 3 aromatic carbocycles. The second-order valence-corrected chi connectivity index (χ2v) is 6.31. The van der Waals surface area contributed by atoms with E-state index in [9.17, 15) is 0 Å². The Hall–Kier alpha value is -3.07. The van der Waals surface area contributed by atoms with Gasteiger partial charge in [0.05, 0.1) is 24.0 Å². The summed E-state index contributed by atoms with van der Waals surface area (Å²) >= 11 is 0. The minimum Gasteiger partial charge on any atom is -0.494 e. The highest BCUT2D eigenvalue weighted by Crippen LogP contribution is 2.37. The molecule has 1 heterocycles. The van der Waals surface area contributed by atoms with Crippen LogP contribution < -0.4 is 9.75 Å². The summed E-state index contributed by atoms with van der Waals surface area (Å²) in [5.74, 6) is 0.907. The zero-order valence-corrected chi connectivity index (χ0v) is 14.9. The quantitative estimate of drug-likeness (QED) is 0.616. The fourth-order valence-electron chi connectivity index (χ4n) is 3.35. The van der Waals surface area contributed by atoms with Crippen LogP contribution in [0.25, 0.3) is 0 Å². The first-order valence-electron chi connectivity index (χ1n) is 9.05. The smallest absolute Gasteiger partial charge is 0.119 e. The lowest BCUT2D eigenvalue weighted by atomic mass is 9.98. The summed E-state index contributed by atoms with van der Waals surface area (Å²) in [7, 11) is 0. The molecule has 3 heteroatoms. The summed E-state index contributed by atoms with van der Waals surface area (Å²) in [5.41, 5.74) is 4.65. The molecule has 3 aromatic rings. The van der Waals surface area contributed by atoms with Crippen molar-refractivity contribution in [1.82, 2.24) is 0 Å². The van der Waals surface area contributed by atoms with E-state index in [0.29, 0.717) is 6.61 Å². The van der Waals surface area contributed by atoms with Gasteiger partial charge >= 0.3 is 0 Å². The highest BCUT2D eigenvalue weighted by molar-refractivity contribution is 6.03. The third-order valence-electron chi connectivity index (χ3n) is 4.61. The van der Waals surface area contributed by atoms with Crippen molar-refractivity contribution in [2.24, 2.45) is 5.10 Å². The number of hydrogen-bond donors (Lipinski definition) is 0. The van der Waals surface area contributed by atoms with Crippen LogP contribution in [0.5, 0.6) is 5.75 Å². The van der Waals surface area contributed by atoms with Crippen molar-refractivity contribution in [3.63, 3.8) is 0 Å². The van der Waals surface area contributed by atoms with Crippen molar-refractivity contribution in [1.29, 1.82) is 0 Å². The minimum atomic E-state index is 0.184. The fraction of sp³-hybridized carbons (Fsp3) is 0.174. The highest BCUT2D eigenvalue weighted by atomic mass is 16.5. The van der Waals surface area contributed by atoms with Crippen LogP contribution in [0.1, 0.15) is 30.5 Å². The number of nitrogens with zero attached hydrogens (tertiary/aromatic N) is 2. The molecule has 0 bridgehead atoms. The average molecular weight is 342 g/mol. The Kier molecular flexibility index (Phi) is 4.69. The van der Waals surface area contributed by atoms with Crippen molar-refractivity contribution in [2.75, 3.05) is 11.6 Å². The van der Waals surface area contributed by atoms with Gasteiger partial charge in [0, 0.05) is 6.42 Å². The van der Waals surface area contributed by atoms with Gasteiger partial charge in [-0.3, -0.25) is 5.01 Å². The maximum Gasteiger partial charge on any atom is 0.119 e. The Morgan fingerprint density at radius 1 is 0.885 bits per heavy atom. The molecular formula is C23H22N2O. The van der Waals surface area contributed by atoms with Gasteiger partial charge < -0.3 is 4.74 Å². The number of anilines is 1. The van der Waals surface area contributed by atoms with Crippen LogP contribution >= 0.6 is 0 Å². The monoisotopic (exact) mass is 342 g/mol. The third-order valence-corrected chi connectivity index (χ3v) is 4.61. The van der Waals surface area contributed by atoms with E-state index in [1.165, 1.54) is 11.1 Å². The first-order chi connectivity index (χ1) is 12.8. The topological polar surface area (TPSA) is 24.8 Å². The van der Waals surface area contributed by atoms with Gasteiger partial charge in [0.2, 0.25) is 0 Å². The molecule has 4 rings (SSSR count). The van der Waals surface area contributed by atoms with Crippen LogP contribution in [0.2, 0.25) is 0 Å². The molecule has 130 valence electrons. The van der Waals surface area contributed by atoms with Gasteiger partial charge in [-0.15, -0.1) is 0 Å². The summed E-state index contributed by atoms with van der Waals surface area (Å²) < 4.78 is 5.58. The maximum atomic E-state index is 5.58. The molecule has 0 saturated heterocycles. The molecule has 0 aliphatic carbocycles. The van der Waals surface area contributed by atoms with E-state index in [1.807, 2.05) is 31.2 Å². The van der Waals surface area contributed by atoms with Gasteiger partial charge in [-0.2, -0.15) is 5.10 Å². The number of benzene rings is 3. The van der Waals surface area contributed by atoms with E-state index in [2.05, 4.69) is 65.7 Å². The van der Waals surface area contributed by atoms with Gasteiger partial charge in [0.15, 0.2) is 0 Å². The Morgan fingerprint density at radius 2 is 1.54 bits per heavy atom. The van der Waals surface area contributed by atoms with E-state index < -0.39 is 0 Å². The van der Waals surface area contributed by atoms with Crippen LogP contribution in [0.3, 0.4) is 0 Å². The number of para-hydroxylation sites is 1. The van der Waals surface area contributed by atoms with Gasteiger partial charge in [-0.25, -0.2) is 0 Å². The average Bonchev–Trinajstić information content (AvgIpc) is 3.16. The molecule has 0 aromatic heterocycles. The fourth-order valence-corrected chi connectivity index (χ4v) is 3.35. The van der Waals surface area contributed by atoms with E-state index in [-0.39, 0.29) is 6.04 Å². The number of rotatable bonds is 5. The summed E-state index contributed by atoms with van der Waals surface area (Å²) in [6.07, 6.45) is 0.882. The zero-order chi connectivity index (χ0) is 17.8. The van der Waals surface area contributed by atoms with Crippen molar-refractivity contribution < 1.29 is 4.74 Å². The Labute approximate surface area is 154 Å². The molecule has 0 unspecified atom stereocenters. The summed E-state index contributed by atoms with van der Waals surface area (Å²) in [4.78, 5) is 0. The van der Waals surface area contributed by atoms with Crippen molar-refractivity contribution in [3.8, 4) is 5.75 Å². The largest absolute Gasteiger partial charge is 0.494 e. The molecule has 3 nitrogen and oxygen atoms in total.